The summed E-state index contributed by atoms with van der Waals surface area (Å²) in [7, 11) is 0. The number of benzene rings is 2. The summed E-state index contributed by atoms with van der Waals surface area (Å²) >= 11 is 1.35. The van der Waals surface area contributed by atoms with Gasteiger partial charge in [0.15, 0.2) is 0 Å². The summed E-state index contributed by atoms with van der Waals surface area (Å²) < 4.78 is 4.52. The molecule has 28 heavy (non-hydrogen) atoms. The van der Waals surface area contributed by atoms with Crippen molar-refractivity contribution < 1.29 is 4.79 Å². The van der Waals surface area contributed by atoms with Gasteiger partial charge in [-0.25, -0.2) is 4.98 Å². The van der Waals surface area contributed by atoms with Gasteiger partial charge in [-0.15, -0.1) is 0 Å². The Labute approximate surface area is 170 Å². The normalized spacial score (nSPS) is 11.8. The topological polar surface area (TPSA) is 58.1 Å². The standard InChI is InChI=1S/C22H26N4OS/c1-3-17(2)23-21(27)16-26(15-19-12-8-5-9-13-19)22-24-20(25-28-22)14-18-10-6-4-7-11-18/h4-13,17H,3,14-16H2,1-2H3,(H,23,27)/t17-/m1/s1. The lowest BCUT2D eigenvalue weighted by atomic mass is 10.1. The largest absolute Gasteiger partial charge is 0.352 e. The van der Waals surface area contributed by atoms with Crippen molar-refractivity contribution in [1.29, 1.82) is 0 Å². The first-order valence-corrected chi connectivity index (χ1v) is 10.4. The Bertz CT molecular complexity index is 867. The van der Waals surface area contributed by atoms with E-state index in [0.29, 0.717) is 13.0 Å². The lowest BCUT2D eigenvalue weighted by molar-refractivity contribution is -0.120. The van der Waals surface area contributed by atoms with Crippen molar-refractivity contribution in [2.75, 3.05) is 11.4 Å². The number of hydrogen-bond acceptors (Lipinski definition) is 5. The molecule has 1 atom stereocenters. The molecule has 2 aromatic carbocycles. The van der Waals surface area contributed by atoms with Crippen LogP contribution in [0.25, 0.3) is 0 Å². The predicted molar refractivity (Wildman–Crippen MR) is 115 cm³/mol. The fraction of sp³-hybridized carbons (Fsp3) is 0.318. The third-order valence-electron chi connectivity index (χ3n) is 4.50. The van der Waals surface area contributed by atoms with Crippen LogP contribution in [0.5, 0.6) is 0 Å². The lowest BCUT2D eigenvalue weighted by Crippen LogP contribution is -2.40. The zero-order valence-electron chi connectivity index (χ0n) is 16.3. The van der Waals surface area contributed by atoms with Crippen LogP contribution < -0.4 is 10.2 Å². The molecule has 0 aliphatic carbocycles. The maximum atomic E-state index is 12.5. The van der Waals surface area contributed by atoms with Crippen LogP contribution in [0, 0.1) is 0 Å². The third kappa shape index (κ3) is 5.89. The number of carbonyl (C=O) groups excluding carboxylic acids is 1. The van der Waals surface area contributed by atoms with E-state index < -0.39 is 0 Å². The van der Waals surface area contributed by atoms with Crippen LogP contribution in [0.3, 0.4) is 0 Å². The van der Waals surface area contributed by atoms with Crippen molar-refractivity contribution in [3.8, 4) is 0 Å². The van der Waals surface area contributed by atoms with Crippen LogP contribution in [0.1, 0.15) is 37.2 Å². The summed E-state index contributed by atoms with van der Waals surface area (Å²) in [4.78, 5) is 19.2. The van der Waals surface area contributed by atoms with Gasteiger partial charge in [-0.05, 0) is 24.5 Å². The molecular weight excluding hydrogens is 368 g/mol. The SMILES string of the molecule is CC[C@@H](C)NC(=O)CN(Cc1ccccc1)c1nc(Cc2ccccc2)ns1. The van der Waals surface area contributed by atoms with Crippen molar-refractivity contribution in [2.45, 2.75) is 39.3 Å². The first kappa shape index (κ1) is 20.0. The van der Waals surface area contributed by atoms with Crippen molar-refractivity contribution in [1.82, 2.24) is 14.7 Å². The van der Waals surface area contributed by atoms with Gasteiger partial charge in [-0.3, -0.25) is 4.79 Å². The molecule has 1 heterocycles. The van der Waals surface area contributed by atoms with Gasteiger partial charge in [0.05, 0.1) is 6.54 Å². The molecule has 1 aromatic heterocycles. The molecule has 0 saturated carbocycles. The average Bonchev–Trinajstić information content (AvgIpc) is 3.17. The monoisotopic (exact) mass is 394 g/mol. The van der Waals surface area contributed by atoms with Gasteiger partial charge < -0.3 is 10.2 Å². The number of amides is 1. The summed E-state index contributed by atoms with van der Waals surface area (Å²) in [6.07, 6.45) is 1.60. The quantitative estimate of drug-likeness (QED) is 0.595. The van der Waals surface area contributed by atoms with Crippen molar-refractivity contribution in [2.24, 2.45) is 0 Å². The fourth-order valence-electron chi connectivity index (χ4n) is 2.81. The van der Waals surface area contributed by atoms with Gasteiger partial charge >= 0.3 is 0 Å². The van der Waals surface area contributed by atoms with E-state index in [2.05, 4.69) is 40.9 Å². The average molecular weight is 395 g/mol. The highest BCUT2D eigenvalue weighted by Crippen LogP contribution is 2.21. The Kier molecular flexibility index (Phi) is 7.14. The smallest absolute Gasteiger partial charge is 0.239 e. The first-order chi connectivity index (χ1) is 13.6. The Balaban J connectivity index is 1.75. The highest BCUT2D eigenvalue weighted by atomic mass is 32.1. The van der Waals surface area contributed by atoms with E-state index in [4.69, 9.17) is 4.98 Å². The summed E-state index contributed by atoms with van der Waals surface area (Å²) in [5.74, 6) is 0.789. The number of aromatic nitrogens is 2. The molecule has 0 unspecified atom stereocenters. The predicted octanol–water partition coefficient (Wildman–Crippen LogP) is 4.05. The molecule has 1 N–H and O–H groups in total. The van der Waals surface area contributed by atoms with Crippen LogP contribution in [-0.2, 0) is 17.8 Å². The number of rotatable bonds is 9. The van der Waals surface area contributed by atoms with Crippen molar-refractivity contribution >= 4 is 22.6 Å². The zero-order chi connectivity index (χ0) is 19.8. The van der Waals surface area contributed by atoms with Crippen LogP contribution in [-0.4, -0.2) is 27.9 Å². The van der Waals surface area contributed by atoms with Gasteiger partial charge in [0, 0.05) is 30.5 Å². The molecule has 0 fully saturated rings. The Morgan fingerprint density at radius 3 is 2.36 bits per heavy atom. The highest BCUT2D eigenvalue weighted by Gasteiger charge is 2.18. The number of carbonyl (C=O) groups is 1. The van der Waals surface area contributed by atoms with E-state index in [0.717, 1.165) is 22.9 Å². The van der Waals surface area contributed by atoms with Crippen molar-refractivity contribution in [3.05, 3.63) is 77.6 Å². The number of nitrogens with one attached hydrogen (secondary N) is 1. The maximum Gasteiger partial charge on any atom is 0.239 e. The van der Waals surface area contributed by atoms with Gasteiger partial charge in [0.2, 0.25) is 11.0 Å². The van der Waals surface area contributed by atoms with E-state index >= 15 is 0 Å². The third-order valence-corrected chi connectivity index (χ3v) is 5.32. The van der Waals surface area contributed by atoms with Crippen molar-refractivity contribution in [3.63, 3.8) is 0 Å². The minimum absolute atomic E-state index is 0.00471. The Morgan fingerprint density at radius 1 is 1.07 bits per heavy atom. The number of anilines is 1. The van der Waals surface area contributed by atoms with Gasteiger partial charge in [0.25, 0.3) is 0 Å². The van der Waals surface area contributed by atoms with E-state index in [1.807, 2.05) is 48.2 Å². The zero-order valence-corrected chi connectivity index (χ0v) is 17.2. The fourth-order valence-corrected chi connectivity index (χ4v) is 3.50. The first-order valence-electron chi connectivity index (χ1n) is 9.58. The molecule has 3 rings (SSSR count). The summed E-state index contributed by atoms with van der Waals surface area (Å²) in [6, 6.07) is 20.5. The van der Waals surface area contributed by atoms with E-state index in [1.165, 1.54) is 17.1 Å². The molecule has 0 saturated heterocycles. The van der Waals surface area contributed by atoms with Gasteiger partial charge in [-0.2, -0.15) is 4.37 Å². The molecule has 146 valence electrons. The molecule has 0 bridgehead atoms. The molecule has 6 heteroatoms. The summed E-state index contributed by atoms with van der Waals surface area (Å²) in [5.41, 5.74) is 2.31. The highest BCUT2D eigenvalue weighted by molar-refractivity contribution is 7.09. The van der Waals surface area contributed by atoms with Crippen LogP contribution in [0.4, 0.5) is 5.13 Å². The number of nitrogens with zero attached hydrogens (tertiary/aromatic N) is 3. The van der Waals surface area contributed by atoms with Crippen LogP contribution in [0.15, 0.2) is 60.7 Å². The van der Waals surface area contributed by atoms with Gasteiger partial charge in [0.1, 0.15) is 5.82 Å². The minimum Gasteiger partial charge on any atom is -0.352 e. The summed E-state index contributed by atoms with van der Waals surface area (Å²) in [6.45, 7) is 4.96. The number of hydrogen-bond donors (Lipinski definition) is 1. The second kappa shape index (κ2) is 9.99. The second-order valence-electron chi connectivity index (χ2n) is 6.87. The molecule has 5 nitrogen and oxygen atoms in total. The molecular formula is C22H26N4OS. The lowest BCUT2D eigenvalue weighted by Gasteiger charge is -2.22. The maximum absolute atomic E-state index is 12.5. The molecule has 3 aromatic rings. The molecule has 0 spiro atoms. The minimum atomic E-state index is 0.00471. The van der Waals surface area contributed by atoms with Gasteiger partial charge in [-0.1, -0.05) is 67.6 Å². The molecule has 0 radical (unpaired) electrons. The molecule has 1 amide bonds. The molecule has 0 aliphatic rings. The van der Waals surface area contributed by atoms with E-state index in [9.17, 15) is 4.79 Å². The van der Waals surface area contributed by atoms with E-state index in [1.54, 1.807) is 0 Å². The van der Waals surface area contributed by atoms with E-state index in [-0.39, 0.29) is 18.5 Å². The second-order valence-corrected chi connectivity index (χ2v) is 7.60. The Morgan fingerprint density at radius 2 is 1.71 bits per heavy atom. The Hall–Kier alpha value is -2.73. The van der Waals surface area contributed by atoms with Crippen LogP contribution in [0.2, 0.25) is 0 Å². The summed E-state index contributed by atoms with van der Waals surface area (Å²) in [5, 5.41) is 3.81. The van der Waals surface area contributed by atoms with Crippen LogP contribution >= 0.6 is 11.5 Å². The molecule has 0 aliphatic heterocycles.